The number of rotatable bonds is 2. The Kier molecular flexibility index (Phi) is 2.73. The first-order chi connectivity index (χ1) is 6.51. The second kappa shape index (κ2) is 3.64. The van der Waals surface area contributed by atoms with Crippen molar-refractivity contribution < 1.29 is 8.42 Å². The van der Waals surface area contributed by atoms with Crippen LogP contribution in [0.1, 0.15) is 11.1 Å². The molecule has 1 rings (SSSR count). The van der Waals surface area contributed by atoms with Crippen LogP contribution < -0.4 is 0 Å². The molecule has 0 atom stereocenters. The fourth-order valence-corrected chi connectivity index (χ4v) is 1.92. The average molecular weight is 207 g/mol. The Balaban J connectivity index is 3.53. The Hall–Kier alpha value is -1.60. The van der Waals surface area contributed by atoms with Gasteiger partial charge in [-0.15, -0.1) is 0 Å². The van der Waals surface area contributed by atoms with Crippen molar-refractivity contribution in [2.24, 2.45) is 0 Å². The molecule has 0 aromatic heterocycles. The van der Waals surface area contributed by atoms with Crippen molar-refractivity contribution in [3.8, 4) is 6.07 Å². The fraction of sp³-hybridized carbons (Fsp3) is 0.100. The van der Waals surface area contributed by atoms with Gasteiger partial charge in [0, 0.05) is 5.41 Å². The second-order valence-corrected chi connectivity index (χ2v) is 4.69. The molecule has 0 aliphatic carbocycles. The molecule has 1 aromatic rings. The second-order valence-electron chi connectivity index (χ2n) is 2.82. The normalized spacial score (nSPS) is 10.6. The van der Waals surface area contributed by atoms with E-state index in [-0.39, 0.29) is 10.5 Å². The Morgan fingerprint density at radius 1 is 1.50 bits per heavy atom. The summed E-state index contributed by atoms with van der Waals surface area (Å²) < 4.78 is 22.8. The summed E-state index contributed by atoms with van der Waals surface area (Å²) in [7, 11) is -3.52. The van der Waals surface area contributed by atoms with E-state index in [1.165, 1.54) is 12.1 Å². The number of aryl methyl sites for hydroxylation is 1. The molecule has 0 aliphatic heterocycles. The van der Waals surface area contributed by atoms with Crippen LogP contribution in [0.5, 0.6) is 0 Å². The van der Waals surface area contributed by atoms with E-state index in [9.17, 15) is 8.42 Å². The molecular weight excluding hydrogens is 198 g/mol. The Morgan fingerprint density at radius 2 is 2.14 bits per heavy atom. The molecule has 0 aliphatic rings. The Bertz CT molecular complexity index is 509. The van der Waals surface area contributed by atoms with Gasteiger partial charge in [0.25, 0.3) is 0 Å². The van der Waals surface area contributed by atoms with Gasteiger partial charge in [0.05, 0.1) is 10.5 Å². The fourth-order valence-electron chi connectivity index (χ4n) is 1.07. The molecule has 4 heteroatoms. The average Bonchev–Trinajstić information content (AvgIpc) is 2.17. The van der Waals surface area contributed by atoms with Crippen LogP contribution >= 0.6 is 0 Å². The van der Waals surface area contributed by atoms with Crippen molar-refractivity contribution >= 4 is 9.84 Å². The molecule has 0 saturated heterocycles. The highest BCUT2D eigenvalue weighted by Gasteiger charge is 2.14. The van der Waals surface area contributed by atoms with Crippen molar-refractivity contribution in [3.63, 3.8) is 0 Å². The lowest BCUT2D eigenvalue weighted by Gasteiger charge is -2.02. The first kappa shape index (κ1) is 10.5. The third-order valence-corrected chi connectivity index (χ3v) is 3.19. The van der Waals surface area contributed by atoms with Crippen molar-refractivity contribution in [2.75, 3.05) is 0 Å². The summed E-state index contributed by atoms with van der Waals surface area (Å²) in [5.41, 5.74) is 1.01. The Morgan fingerprint density at radius 3 is 2.64 bits per heavy atom. The molecule has 72 valence electrons. The van der Waals surface area contributed by atoms with Gasteiger partial charge in [-0.3, -0.25) is 0 Å². The number of nitrogens with zero attached hydrogens (tertiary/aromatic N) is 1. The van der Waals surface area contributed by atoms with E-state index in [4.69, 9.17) is 5.26 Å². The van der Waals surface area contributed by atoms with Crippen LogP contribution in [-0.4, -0.2) is 8.42 Å². The highest BCUT2D eigenvalue weighted by Crippen LogP contribution is 2.18. The maximum absolute atomic E-state index is 11.4. The van der Waals surface area contributed by atoms with Crippen LogP contribution in [0.15, 0.2) is 35.1 Å². The van der Waals surface area contributed by atoms with E-state index >= 15 is 0 Å². The molecule has 0 N–H and O–H groups in total. The van der Waals surface area contributed by atoms with Crippen molar-refractivity contribution in [3.05, 3.63) is 41.3 Å². The van der Waals surface area contributed by atoms with Crippen LogP contribution in [0.2, 0.25) is 0 Å². The third-order valence-electron chi connectivity index (χ3n) is 1.78. The number of sulfone groups is 1. The highest BCUT2D eigenvalue weighted by atomic mass is 32.2. The minimum Gasteiger partial charge on any atom is -0.219 e. The first-order valence-corrected chi connectivity index (χ1v) is 5.44. The molecular formula is C10H9NO2S. The third kappa shape index (κ3) is 1.83. The standard InChI is InChI=1S/C10H9NO2S/c1-3-14(12,13)10-5-4-8(2)6-9(10)7-11/h3-6H,1H2,2H3. The molecule has 0 heterocycles. The van der Waals surface area contributed by atoms with E-state index in [1.54, 1.807) is 13.0 Å². The van der Waals surface area contributed by atoms with E-state index < -0.39 is 9.84 Å². The summed E-state index contributed by atoms with van der Waals surface area (Å²) in [6, 6.07) is 6.46. The zero-order valence-corrected chi connectivity index (χ0v) is 8.50. The minimum atomic E-state index is -3.52. The van der Waals surface area contributed by atoms with E-state index in [0.29, 0.717) is 0 Å². The van der Waals surface area contributed by atoms with Gasteiger partial charge in [0.2, 0.25) is 9.84 Å². The summed E-state index contributed by atoms with van der Waals surface area (Å²) in [6.07, 6.45) is 0. The van der Waals surface area contributed by atoms with Gasteiger partial charge in [-0.1, -0.05) is 12.6 Å². The smallest absolute Gasteiger partial charge is 0.200 e. The van der Waals surface area contributed by atoms with Gasteiger partial charge in [-0.05, 0) is 24.6 Å². The molecule has 0 fully saturated rings. The zero-order valence-electron chi connectivity index (χ0n) is 7.69. The van der Waals surface area contributed by atoms with Gasteiger partial charge in [0.15, 0.2) is 0 Å². The van der Waals surface area contributed by atoms with E-state index in [1.807, 2.05) is 6.07 Å². The lowest BCUT2D eigenvalue weighted by atomic mass is 10.2. The topological polar surface area (TPSA) is 57.9 Å². The van der Waals surface area contributed by atoms with Crippen LogP contribution in [0.3, 0.4) is 0 Å². The SMILES string of the molecule is C=CS(=O)(=O)c1ccc(C)cc1C#N. The quantitative estimate of drug-likeness (QED) is 0.742. The monoisotopic (exact) mass is 207 g/mol. The molecule has 0 amide bonds. The van der Waals surface area contributed by atoms with E-state index in [0.717, 1.165) is 11.0 Å². The van der Waals surface area contributed by atoms with Crippen molar-refractivity contribution in [1.29, 1.82) is 5.26 Å². The predicted molar refractivity (Wildman–Crippen MR) is 53.3 cm³/mol. The lowest BCUT2D eigenvalue weighted by molar-refractivity contribution is 0.604. The van der Waals surface area contributed by atoms with Crippen LogP contribution in [0.25, 0.3) is 0 Å². The number of hydrogen-bond donors (Lipinski definition) is 0. The maximum atomic E-state index is 11.4. The molecule has 0 spiro atoms. The Labute approximate surface area is 83.2 Å². The lowest BCUT2D eigenvalue weighted by Crippen LogP contribution is -1.99. The van der Waals surface area contributed by atoms with Gasteiger partial charge in [-0.25, -0.2) is 8.42 Å². The summed E-state index contributed by atoms with van der Waals surface area (Å²) in [5.74, 6) is 0. The molecule has 14 heavy (non-hydrogen) atoms. The largest absolute Gasteiger partial charge is 0.219 e. The summed E-state index contributed by atoms with van der Waals surface area (Å²) in [4.78, 5) is 0.0144. The molecule has 1 aromatic carbocycles. The molecule has 0 saturated carbocycles. The van der Waals surface area contributed by atoms with Crippen LogP contribution in [-0.2, 0) is 9.84 Å². The van der Waals surface area contributed by atoms with Gasteiger partial charge in [-0.2, -0.15) is 5.26 Å². The highest BCUT2D eigenvalue weighted by molar-refractivity contribution is 7.94. The molecule has 0 bridgehead atoms. The minimum absolute atomic E-state index is 0.0144. The number of nitriles is 1. The predicted octanol–water partition coefficient (Wildman–Crippen LogP) is 1.78. The van der Waals surface area contributed by atoms with Crippen LogP contribution in [0, 0.1) is 18.3 Å². The zero-order chi connectivity index (χ0) is 10.8. The van der Waals surface area contributed by atoms with E-state index in [2.05, 4.69) is 6.58 Å². The van der Waals surface area contributed by atoms with Gasteiger partial charge in [0.1, 0.15) is 6.07 Å². The molecule has 0 unspecified atom stereocenters. The maximum Gasteiger partial charge on any atom is 0.200 e. The van der Waals surface area contributed by atoms with Gasteiger partial charge < -0.3 is 0 Å². The van der Waals surface area contributed by atoms with Crippen LogP contribution in [0.4, 0.5) is 0 Å². The van der Waals surface area contributed by atoms with Crippen molar-refractivity contribution in [2.45, 2.75) is 11.8 Å². The van der Waals surface area contributed by atoms with Gasteiger partial charge >= 0.3 is 0 Å². The number of hydrogen-bond acceptors (Lipinski definition) is 3. The molecule has 3 nitrogen and oxygen atoms in total. The summed E-state index contributed by atoms with van der Waals surface area (Å²) >= 11 is 0. The van der Waals surface area contributed by atoms with Crippen molar-refractivity contribution in [1.82, 2.24) is 0 Å². The first-order valence-electron chi connectivity index (χ1n) is 3.89. The summed E-state index contributed by atoms with van der Waals surface area (Å²) in [5, 5.41) is 9.60. The number of benzene rings is 1. The molecule has 0 radical (unpaired) electrons. The summed E-state index contributed by atoms with van der Waals surface area (Å²) in [6.45, 7) is 5.01.